The van der Waals surface area contributed by atoms with Gasteiger partial charge in [-0.25, -0.2) is 4.98 Å². The Balaban J connectivity index is 1.74. The Labute approximate surface area is 153 Å². The number of imidazole rings is 1. The number of hydrogen-bond donors (Lipinski definition) is 1. The van der Waals surface area contributed by atoms with Crippen LogP contribution in [0.4, 0.5) is 13.2 Å². The highest BCUT2D eigenvalue weighted by Crippen LogP contribution is 2.22. The number of ether oxygens (including phenoxy) is 1. The summed E-state index contributed by atoms with van der Waals surface area (Å²) in [6, 6.07) is 9.16. The van der Waals surface area contributed by atoms with Gasteiger partial charge in [-0.15, -0.1) is 13.2 Å². The molecule has 0 aliphatic rings. The summed E-state index contributed by atoms with van der Waals surface area (Å²) in [5, 5.41) is 2.79. The number of benzene rings is 1. The molecule has 142 valence electrons. The number of alkyl halides is 3. The second-order valence-corrected chi connectivity index (χ2v) is 6.07. The van der Waals surface area contributed by atoms with Crippen LogP contribution >= 0.6 is 0 Å². The molecule has 0 radical (unpaired) electrons. The summed E-state index contributed by atoms with van der Waals surface area (Å²) in [7, 11) is 0. The molecule has 3 rings (SSSR count). The number of carbonyl (C=O) groups excluding carboxylic acids is 1. The quantitative estimate of drug-likeness (QED) is 0.730. The van der Waals surface area contributed by atoms with Crippen LogP contribution < -0.4 is 10.1 Å². The van der Waals surface area contributed by atoms with Crippen molar-refractivity contribution in [2.45, 2.75) is 33.2 Å². The predicted molar refractivity (Wildman–Crippen MR) is 93.6 cm³/mol. The van der Waals surface area contributed by atoms with Crippen molar-refractivity contribution in [1.29, 1.82) is 0 Å². The monoisotopic (exact) mass is 377 g/mol. The maximum Gasteiger partial charge on any atom is 0.573 e. The second kappa shape index (κ2) is 7.30. The van der Waals surface area contributed by atoms with E-state index in [1.807, 2.05) is 26.0 Å². The smallest absolute Gasteiger partial charge is 0.406 e. The standard InChI is InChI=1S/C19H18F3N3O2/c1-3-15-17(25-9-8-12(2)10-16(25)24-15)18(26)23-11-13-4-6-14(7-5-13)27-19(20,21)22/h4-10H,3,11H2,1-2H3,(H,23,26). The molecule has 0 aliphatic carbocycles. The third-order valence-corrected chi connectivity index (χ3v) is 4.01. The van der Waals surface area contributed by atoms with Crippen LogP contribution in [0, 0.1) is 6.92 Å². The molecule has 1 aromatic carbocycles. The van der Waals surface area contributed by atoms with Gasteiger partial charge in [0, 0.05) is 12.7 Å². The fourth-order valence-electron chi connectivity index (χ4n) is 2.76. The molecular formula is C19H18F3N3O2. The first kappa shape index (κ1) is 18.8. The Bertz CT molecular complexity index is 963. The number of rotatable bonds is 5. The van der Waals surface area contributed by atoms with E-state index in [4.69, 9.17) is 0 Å². The molecule has 2 heterocycles. The molecular weight excluding hydrogens is 359 g/mol. The van der Waals surface area contributed by atoms with Crippen LogP contribution in [-0.4, -0.2) is 21.7 Å². The summed E-state index contributed by atoms with van der Waals surface area (Å²) in [6.07, 6.45) is -2.32. The summed E-state index contributed by atoms with van der Waals surface area (Å²) in [5.41, 5.74) is 3.55. The number of nitrogens with one attached hydrogen (secondary N) is 1. The van der Waals surface area contributed by atoms with E-state index in [9.17, 15) is 18.0 Å². The summed E-state index contributed by atoms with van der Waals surface area (Å²) in [4.78, 5) is 17.2. The molecule has 0 bridgehead atoms. The maximum atomic E-state index is 12.7. The molecule has 8 heteroatoms. The van der Waals surface area contributed by atoms with Gasteiger partial charge in [-0.3, -0.25) is 9.20 Å². The van der Waals surface area contributed by atoms with Gasteiger partial charge in [0.25, 0.3) is 5.91 Å². The molecule has 0 saturated heterocycles. The summed E-state index contributed by atoms with van der Waals surface area (Å²) in [6.45, 7) is 4.05. The van der Waals surface area contributed by atoms with E-state index < -0.39 is 6.36 Å². The Hall–Kier alpha value is -3.03. The summed E-state index contributed by atoms with van der Waals surface area (Å²) >= 11 is 0. The van der Waals surface area contributed by atoms with Gasteiger partial charge in [0.1, 0.15) is 17.1 Å². The van der Waals surface area contributed by atoms with Crippen molar-refractivity contribution in [3.05, 3.63) is 65.1 Å². The van der Waals surface area contributed by atoms with E-state index in [0.717, 1.165) is 5.56 Å². The van der Waals surface area contributed by atoms with Gasteiger partial charge in [0.15, 0.2) is 0 Å². The van der Waals surface area contributed by atoms with Crippen molar-refractivity contribution < 1.29 is 22.7 Å². The van der Waals surface area contributed by atoms with E-state index in [0.29, 0.717) is 29.0 Å². The Kier molecular flexibility index (Phi) is 5.07. The van der Waals surface area contributed by atoms with Crippen LogP contribution in [0.15, 0.2) is 42.6 Å². The summed E-state index contributed by atoms with van der Waals surface area (Å²) < 4.78 is 42.1. The average molecular weight is 377 g/mol. The third-order valence-electron chi connectivity index (χ3n) is 4.01. The van der Waals surface area contributed by atoms with Gasteiger partial charge in [-0.2, -0.15) is 0 Å². The van der Waals surface area contributed by atoms with Crippen LogP contribution in [0.3, 0.4) is 0 Å². The second-order valence-electron chi connectivity index (χ2n) is 6.07. The topological polar surface area (TPSA) is 55.6 Å². The lowest BCUT2D eigenvalue weighted by molar-refractivity contribution is -0.274. The molecule has 1 N–H and O–H groups in total. The van der Waals surface area contributed by atoms with Gasteiger partial charge in [-0.05, 0) is 48.7 Å². The van der Waals surface area contributed by atoms with E-state index in [2.05, 4.69) is 15.0 Å². The largest absolute Gasteiger partial charge is 0.573 e. The van der Waals surface area contributed by atoms with E-state index in [1.165, 1.54) is 24.3 Å². The molecule has 0 spiro atoms. The zero-order valence-electron chi connectivity index (χ0n) is 14.8. The van der Waals surface area contributed by atoms with Crippen molar-refractivity contribution in [3.63, 3.8) is 0 Å². The molecule has 0 atom stereocenters. The zero-order chi connectivity index (χ0) is 19.6. The minimum Gasteiger partial charge on any atom is -0.406 e. The van der Waals surface area contributed by atoms with E-state index in [-0.39, 0.29) is 18.2 Å². The number of fused-ring (bicyclic) bond motifs is 1. The SMILES string of the molecule is CCc1nc2cc(C)ccn2c1C(=O)NCc1ccc(OC(F)(F)F)cc1. The average Bonchev–Trinajstić information content (AvgIpc) is 2.97. The van der Waals surface area contributed by atoms with Gasteiger partial charge >= 0.3 is 6.36 Å². The first-order valence-corrected chi connectivity index (χ1v) is 8.37. The number of pyridine rings is 1. The van der Waals surface area contributed by atoms with Crippen LogP contribution in [0.5, 0.6) is 5.75 Å². The molecule has 0 aliphatic heterocycles. The molecule has 0 saturated carbocycles. The number of amides is 1. The lowest BCUT2D eigenvalue weighted by Gasteiger charge is -2.10. The van der Waals surface area contributed by atoms with E-state index in [1.54, 1.807) is 10.6 Å². The van der Waals surface area contributed by atoms with Crippen LogP contribution in [0.1, 0.15) is 34.2 Å². The fraction of sp³-hybridized carbons (Fsp3) is 0.263. The lowest BCUT2D eigenvalue weighted by atomic mass is 10.2. The number of hydrogen-bond acceptors (Lipinski definition) is 3. The molecule has 1 amide bonds. The van der Waals surface area contributed by atoms with Gasteiger partial charge in [-0.1, -0.05) is 19.1 Å². The van der Waals surface area contributed by atoms with Gasteiger partial charge in [0.05, 0.1) is 5.69 Å². The highest BCUT2D eigenvalue weighted by atomic mass is 19.4. The molecule has 2 aromatic heterocycles. The maximum absolute atomic E-state index is 12.7. The lowest BCUT2D eigenvalue weighted by Crippen LogP contribution is -2.25. The van der Waals surface area contributed by atoms with Crippen LogP contribution in [0.25, 0.3) is 5.65 Å². The first-order chi connectivity index (χ1) is 12.8. The minimum atomic E-state index is -4.73. The summed E-state index contributed by atoms with van der Waals surface area (Å²) in [5.74, 6) is -0.596. The van der Waals surface area contributed by atoms with Crippen molar-refractivity contribution >= 4 is 11.6 Å². The predicted octanol–water partition coefficient (Wildman–Crippen LogP) is 4.03. The Morgan fingerprint density at radius 2 is 1.93 bits per heavy atom. The molecule has 5 nitrogen and oxygen atoms in total. The first-order valence-electron chi connectivity index (χ1n) is 8.37. The Morgan fingerprint density at radius 3 is 2.56 bits per heavy atom. The highest BCUT2D eigenvalue weighted by Gasteiger charge is 2.30. The highest BCUT2D eigenvalue weighted by molar-refractivity contribution is 5.94. The number of carbonyl (C=O) groups is 1. The fourth-order valence-corrected chi connectivity index (χ4v) is 2.76. The van der Waals surface area contributed by atoms with Gasteiger partial charge < -0.3 is 10.1 Å². The number of nitrogens with zero attached hydrogens (tertiary/aromatic N) is 2. The molecule has 0 fully saturated rings. The van der Waals surface area contributed by atoms with Crippen molar-refractivity contribution in [3.8, 4) is 5.75 Å². The van der Waals surface area contributed by atoms with Crippen molar-refractivity contribution in [1.82, 2.24) is 14.7 Å². The normalized spacial score (nSPS) is 11.6. The van der Waals surface area contributed by atoms with Gasteiger partial charge in [0.2, 0.25) is 0 Å². The van der Waals surface area contributed by atoms with E-state index >= 15 is 0 Å². The van der Waals surface area contributed by atoms with Crippen molar-refractivity contribution in [2.75, 3.05) is 0 Å². The molecule has 0 unspecified atom stereocenters. The number of aromatic nitrogens is 2. The van der Waals surface area contributed by atoms with Crippen molar-refractivity contribution in [2.24, 2.45) is 0 Å². The zero-order valence-corrected chi connectivity index (χ0v) is 14.8. The Morgan fingerprint density at radius 1 is 1.22 bits per heavy atom. The number of aryl methyl sites for hydroxylation is 2. The van der Waals surface area contributed by atoms with Crippen LogP contribution in [-0.2, 0) is 13.0 Å². The number of halogens is 3. The molecule has 27 heavy (non-hydrogen) atoms. The minimum absolute atomic E-state index is 0.174. The van der Waals surface area contributed by atoms with Crippen LogP contribution in [0.2, 0.25) is 0 Å². The molecule has 3 aromatic rings. The third kappa shape index (κ3) is 4.39.